The fourth-order valence-electron chi connectivity index (χ4n) is 4.36. The molecule has 23 heavy (non-hydrogen) atoms. The minimum atomic E-state index is 0.362. The molecule has 0 N–H and O–H groups in total. The van der Waals surface area contributed by atoms with Crippen molar-refractivity contribution in [2.24, 2.45) is 0 Å². The Morgan fingerprint density at radius 2 is 1.87 bits per heavy atom. The second-order valence-corrected chi connectivity index (χ2v) is 7.09. The number of amides is 1. The lowest BCUT2D eigenvalue weighted by atomic mass is 9.86. The summed E-state index contributed by atoms with van der Waals surface area (Å²) in [6, 6.07) is 6.41. The van der Waals surface area contributed by atoms with Gasteiger partial charge in [-0.05, 0) is 37.8 Å². The first-order chi connectivity index (χ1) is 11.4. The lowest BCUT2D eigenvalue weighted by molar-refractivity contribution is -0.119. The number of carbonyl (C=O) groups is 1. The van der Waals surface area contributed by atoms with Crippen molar-refractivity contribution in [3.63, 3.8) is 0 Å². The van der Waals surface area contributed by atoms with E-state index in [2.05, 4.69) is 28.8 Å². The highest BCUT2D eigenvalue weighted by molar-refractivity contribution is 5.55. The minimum Gasteiger partial charge on any atom is -0.345 e. The molecule has 4 nitrogen and oxygen atoms in total. The summed E-state index contributed by atoms with van der Waals surface area (Å²) in [5.74, 6) is 2.13. The van der Waals surface area contributed by atoms with Gasteiger partial charge >= 0.3 is 0 Å². The van der Waals surface area contributed by atoms with Crippen molar-refractivity contribution in [3.05, 3.63) is 35.9 Å². The number of fused-ring (bicyclic) bond motifs is 1. The minimum absolute atomic E-state index is 0.362. The Hall–Kier alpha value is -1.84. The van der Waals surface area contributed by atoms with Crippen LogP contribution in [0.4, 0.5) is 0 Å². The van der Waals surface area contributed by atoms with E-state index in [1.807, 2.05) is 4.90 Å². The molecular weight excluding hydrogens is 286 g/mol. The molecule has 0 bridgehead atoms. The number of carbonyl (C=O) groups excluding carboxylic acids is 1. The van der Waals surface area contributed by atoms with Gasteiger partial charge in [0.15, 0.2) is 0 Å². The topological polar surface area (TPSA) is 37.6 Å². The van der Waals surface area contributed by atoms with Crippen molar-refractivity contribution in [2.75, 3.05) is 13.1 Å². The van der Waals surface area contributed by atoms with E-state index in [0.29, 0.717) is 11.8 Å². The third kappa shape index (κ3) is 2.75. The molecule has 122 valence electrons. The zero-order valence-corrected chi connectivity index (χ0v) is 13.7. The van der Waals surface area contributed by atoms with E-state index in [1.165, 1.54) is 43.3 Å². The number of hydrogen-bond donors (Lipinski definition) is 0. The number of pyridine rings is 1. The average Bonchev–Trinajstić information content (AvgIpc) is 3.02. The summed E-state index contributed by atoms with van der Waals surface area (Å²) in [5, 5.41) is 0. The summed E-state index contributed by atoms with van der Waals surface area (Å²) in [7, 11) is 0. The molecule has 0 aromatic carbocycles. The second-order valence-electron chi connectivity index (χ2n) is 7.09. The van der Waals surface area contributed by atoms with Crippen LogP contribution < -0.4 is 0 Å². The number of rotatable bonds is 3. The van der Waals surface area contributed by atoms with Crippen molar-refractivity contribution >= 4 is 11.9 Å². The molecule has 1 saturated heterocycles. The summed E-state index contributed by atoms with van der Waals surface area (Å²) < 4.78 is 2.28. The molecule has 2 fully saturated rings. The monoisotopic (exact) mass is 311 g/mol. The molecule has 2 aliphatic rings. The van der Waals surface area contributed by atoms with E-state index in [-0.39, 0.29) is 0 Å². The molecule has 3 heterocycles. The summed E-state index contributed by atoms with van der Waals surface area (Å²) in [5.41, 5.74) is 2.57. The van der Waals surface area contributed by atoms with Crippen LogP contribution >= 0.6 is 0 Å². The van der Waals surface area contributed by atoms with Gasteiger partial charge in [0.2, 0.25) is 6.41 Å². The van der Waals surface area contributed by atoms with Crippen LogP contribution in [0.15, 0.2) is 24.4 Å². The molecule has 0 radical (unpaired) electrons. The molecule has 0 spiro atoms. The summed E-state index contributed by atoms with van der Waals surface area (Å²) >= 11 is 0. The molecule has 1 saturated carbocycles. The van der Waals surface area contributed by atoms with E-state index in [9.17, 15) is 4.79 Å². The Balaban J connectivity index is 1.73. The van der Waals surface area contributed by atoms with Crippen LogP contribution in [0.1, 0.15) is 68.3 Å². The van der Waals surface area contributed by atoms with Crippen molar-refractivity contribution in [3.8, 4) is 0 Å². The van der Waals surface area contributed by atoms with Crippen molar-refractivity contribution < 1.29 is 4.79 Å². The lowest BCUT2D eigenvalue weighted by Crippen LogP contribution is -2.33. The van der Waals surface area contributed by atoms with Gasteiger partial charge in [0.1, 0.15) is 5.82 Å². The number of imidazole rings is 1. The van der Waals surface area contributed by atoms with Gasteiger partial charge in [-0.3, -0.25) is 4.79 Å². The Bertz CT molecular complexity index is 687. The predicted octanol–water partition coefficient (Wildman–Crippen LogP) is 3.72. The third-order valence-corrected chi connectivity index (χ3v) is 5.56. The Morgan fingerprint density at radius 3 is 2.70 bits per heavy atom. The van der Waals surface area contributed by atoms with Crippen molar-refractivity contribution in [1.82, 2.24) is 14.3 Å². The van der Waals surface area contributed by atoms with Gasteiger partial charge < -0.3 is 9.30 Å². The van der Waals surface area contributed by atoms with Gasteiger partial charge in [-0.15, -0.1) is 0 Å². The van der Waals surface area contributed by atoms with Gasteiger partial charge in [0.05, 0.1) is 11.2 Å². The maximum absolute atomic E-state index is 11.2. The van der Waals surface area contributed by atoms with E-state index in [1.54, 1.807) is 0 Å². The van der Waals surface area contributed by atoms with E-state index in [4.69, 9.17) is 4.98 Å². The number of piperidine rings is 1. The smallest absolute Gasteiger partial charge is 0.209 e. The van der Waals surface area contributed by atoms with Crippen LogP contribution in [0.5, 0.6) is 0 Å². The first kappa shape index (κ1) is 14.7. The number of nitrogens with zero attached hydrogens (tertiary/aromatic N) is 3. The van der Waals surface area contributed by atoms with E-state index in [0.717, 1.165) is 38.2 Å². The van der Waals surface area contributed by atoms with E-state index < -0.39 is 0 Å². The highest BCUT2D eigenvalue weighted by Crippen LogP contribution is 2.36. The first-order valence-electron chi connectivity index (χ1n) is 9.03. The molecule has 1 aliphatic heterocycles. The van der Waals surface area contributed by atoms with Gasteiger partial charge in [0, 0.05) is 31.1 Å². The summed E-state index contributed by atoms with van der Waals surface area (Å²) in [6.45, 7) is 1.69. The van der Waals surface area contributed by atoms with Crippen LogP contribution in [0.3, 0.4) is 0 Å². The Kier molecular flexibility index (Phi) is 4.06. The highest BCUT2D eigenvalue weighted by atomic mass is 16.1. The third-order valence-electron chi connectivity index (χ3n) is 5.56. The van der Waals surface area contributed by atoms with Gasteiger partial charge in [-0.2, -0.15) is 0 Å². The molecule has 2 aromatic heterocycles. The maximum atomic E-state index is 11.2. The molecular formula is C19H25N3O. The average molecular weight is 311 g/mol. The quantitative estimate of drug-likeness (QED) is 0.810. The Morgan fingerprint density at radius 1 is 1.04 bits per heavy atom. The molecule has 1 amide bonds. The lowest BCUT2D eigenvalue weighted by Gasteiger charge is -2.29. The standard InChI is InChI=1S/C19H25N3O/c23-14-21-11-6-9-16(13-21)19-20-18(15-7-2-1-3-8-15)17-10-4-5-12-22(17)19/h4-5,10,12,14-16H,1-3,6-9,11,13H2. The molecule has 1 atom stereocenters. The molecule has 1 unspecified atom stereocenters. The second kappa shape index (κ2) is 6.34. The zero-order valence-electron chi connectivity index (χ0n) is 13.7. The van der Waals surface area contributed by atoms with Crippen LogP contribution in [0.25, 0.3) is 5.52 Å². The number of aromatic nitrogens is 2. The van der Waals surface area contributed by atoms with E-state index >= 15 is 0 Å². The number of likely N-dealkylation sites (tertiary alicyclic amines) is 1. The van der Waals surface area contributed by atoms with Gasteiger partial charge in [0.25, 0.3) is 0 Å². The van der Waals surface area contributed by atoms with Crippen LogP contribution in [0.2, 0.25) is 0 Å². The van der Waals surface area contributed by atoms with Crippen molar-refractivity contribution in [2.45, 2.75) is 56.8 Å². The summed E-state index contributed by atoms with van der Waals surface area (Å²) in [6.07, 6.45) is 11.9. The maximum Gasteiger partial charge on any atom is 0.209 e. The normalized spacial score (nSPS) is 23.3. The van der Waals surface area contributed by atoms with Crippen LogP contribution in [-0.2, 0) is 4.79 Å². The first-order valence-corrected chi connectivity index (χ1v) is 9.03. The largest absolute Gasteiger partial charge is 0.345 e. The highest BCUT2D eigenvalue weighted by Gasteiger charge is 2.27. The van der Waals surface area contributed by atoms with Crippen LogP contribution in [0, 0.1) is 0 Å². The zero-order chi connectivity index (χ0) is 15.6. The fourth-order valence-corrected chi connectivity index (χ4v) is 4.36. The van der Waals surface area contributed by atoms with Crippen LogP contribution in [-0.4, -0.2) is 33.8 Å². The molecule has 4 rings (SSSR count). The molecule has 4 heteroatoms. The summed E-state index contributed by atoms with van der Waals surface area (Å²) in [4.78, 5) is 18.2. The molecule has 2 aromatic rings. The van der Waals surface area contributed by atoms with Gasteiger partial charge in [-0.1, -0.05) is 25.3 Å². The predicted molar refractivity (Wildman–Crippen MR) is 90.6 cm³/mol. The SMILES string of the molecule is O=CN1CCCC(c2nc(C3CCCCC3)c3ccccn23)C1. The fraction of sp³-hybridized carbons (Fsp3) is 0.579. The number of hydrogen-bond acceptors (Lipinski definition) is 2. The van der Waals surface area contributed by atoms with Crippen molar-refractivity contribution in [1.29, 1.82) is 0 Å². The molecule has 1 aliphatic carbocycles. The Labute approximate surface area is 137 Å². The van der Waals surface area contributed by atoms with Gasteiger partial charge in [-0.25, -0.2) is 4.98 Å².